The number of aliphatic carboxylic acids is 1. The molecule has 0 aromatic heterocycles. The maximum Gasteiger partial charge on any atom is 0.326 e. The van der Waals surface area contributed by atoms with Crippen LogP contribution in [-0.4, -0.2) is 23.0 Å². The Morgan fingerprint density at radius 1 is 1.44 bits per heavy atom. The number of amides is 1. The first kappa shape index (κ1) is 12.5. The number of aryl methyl sites for hydroxylation is 1. The second-order valence-electron chi connectivity index (χ2n) is 4.61. The molecule has 2 rings (SSSR count). The zero-order valence-electron chi connectivity index (χ0n) is 9.94. The van der Waals surface area contributed by atoms with E-state index in [-0.39, 0.29) is 11.5 Å². The van der Waals surface area contributed by atoms with Crippen molar-refractivity contribution in [3.05, 3.63) is 35.1 Å². The number of benzene rings is 1. The summed E-state index contributed by atoms with van der Waals surface area (Å²) in [6.07, 6.45) is 1.57. The van der Waals surface area contributed by atoms with Crippen molar-refractivity contribution in [1.29, 1.82) is 0 Å². The topological polar surface area (TPSA) is 66.4 Å². The highest BCUT2D eigenvalue weighted by Gasteiger charge is 2.37. The zero-order valence-corrected chi connectivity index (χ0v) is 9.94. The molecule has 5 heteroatoms. The number of rotatable bonds is 4. The van der Waals surface area contributed by atoms with Crippen LogP contribution in [0.15, 0.2) is 18.2 Å². The first-order valence-corrected chi connectivity index (χ1v) is 5.79. The number of halogens is 1. The van der Waals surface area contributed by atoms with Gasteiger partial charge in [0.15, 0.2) is 0 Å². The minimum Gasteiger partial charge on any atom is -0.480 e. The Balaban J connectivity index is 2.15. The number of carboxylic acids is 1. The van der Waals surface area contributed by atoms with Gasteiger partial charge in [0.25, 0.3) is 5.91 Å². The molecule has 1 amide bonds. The summed E-state index contributed by atoms with van der Waals surface area (Å²) < 4.78 is 13.5. The fourth-order valence-electron chi connectivity index (χ4n) is 1.84. The molecule has 4 nitrogen and oxygen atoms in total. The van der Waals surface area contributed by atoms with Crippen LogP contribution in [0.4, 0.5) is 4.39 Å². The third-order valence-electron chi connectivity index (χ3n) is 3.01. The lowest BCUT2D eigenvalue weighted by atomic mass is 10.1. The Morgan fingerprint density at radius 3 is 2.67 bits per heavy atom. The first-order chi connectivity index (χ1) is 8.49. The highest BCUT2D eigenvalue weighted by atomic mass is 19.1. The molecule has 1 fully saturated rings. The lowest BCUT2D eigenvalue weighted by Crippen LogP contribution is -2.42. The van der Waals surface area contributed by atoms with E-state index < -0.39 is 23.7 Å². The summed E-state index contributed by atoms with van der Waals surface area (Å²) in [5, 5.41) is 11.4. The molecule has 0 saturated heterocycles. The summed E-state index contributed by atoms with van der Waals surface area (Å²) in [5.41, 5.74) is 0.641. The van der Waals surface area contributed by atoms with E-state index in [0.717, 1.165) is 18.4 Å². The molecule has 96 valence electrons. The molecule has 1 saturated carbocycles. The Hall–Kier alpha value is -1.91. The number of hydrogen-bond acceptors (Lipinski definition) is 2. The number of carboxylic acid groups (broad SMARTS) is 1. The van der Waals surface area contributed by atoms with Crippen LogP contribution >= 0.6 is 0 Å². The predicted octanol–water partition coefficient (Wildman–Crippen LogP) is 1.73. The van der Waals surface area contributed by atoms with Crippen LogP contribution in [0.3, 0.4) is 0 Å². The maximum atomic E-state index is 13.5. The average Bonchev–Trinajstić information content (AvgIpc) is 3.12. The molecular weight excluding hydrogens is 237 g/mol. The summed E-state index contributed by atoms with van der Waals surface area (Å²) >= 11 is 0. The molecule has 18 heavy (non-hydrogen) atoms. The Kier molecular flexibility index (Phi) is 3.32. The van der Waals surface area contributed by atoms with Gasteiger partial charge in [-0.15, -0.1) is 0 Å². The molecule has 0 spiro atoms. The van der Waals surface area contributed by atoms with Crippen LogP contribution in [0.25, 0.3) is 0 Å². The van der Waals surface area contributed by atoms with E-state index in [4.69, 9.17) is 5.11 Å². The van der Waals surface area contributed by atoms with Gasteiger partial charge in [-0.05, 0) is 37.8 Å². The van der Waals surface area contributed by atoms with Crippen LogP contribution in [0.1, 0.15) is 28.8 Å². The Labute approximate surface area is 104 Å². The SMILES string of the molecule is Cc1ccc(F)c(C(=O)NC(C(=O)O)C2CC2)c1. The van der Waals surface area contributed by atoms with Gasteiger partial charge in [0.1, 0.15) is 11.9 Å². The van der Waals surface area contributed by atoms with E-state index in [1.165, 1.54) is 12.1 Å². The van der Waals surface area contributed by atoms with Crippen LogP contribution < -0.4 is 5.32 Å². The third-order valence-corrected chi connectivity index (χ3v) is 3.01. The van der Waals surface area contributed by atoms with Crippen molar-refractivity contribution in [3.8, 4) is 0 Å². The van der Waals surface area contributed by atoms with Crippen LogP contribution in [-0.2, 0) is 4.79 Å². The molecule has 1 aromatic rings. The van der Waals surface area contributed by atoms with Crippen molar-refractivity contribution >= 4 is 11.9 Å². The summed E-state index contributed by atoms with van der Waals surface area (Å²) in [5.74, 6) is -2.41. The molecule has 1 aromatic carbocycles. The van der Waals surface area contributed by atoms with E-state index in [1.54, 1.807) is 13.0 Å². The summed E-state index contributed by atoms with van der Waals surface area (Å²) in [7, 11) is 0. The number of carbonyl (C=O) groups is 2. The van der Waals surface area contributed by atoms with Gasteiger partial charge in [-0.25, -0.2) is 9.18 Å². The van der Waals surface area contributed by atoms with E-state index in [1.807, 2.05) is 0 Å². The lowest BCUT2D eigenvalue weighted by Gasteiger charge is -2.14. The largest absolute Gasteiger partial charge is 0.480 e. The molecule has 0 bridgehead atoms. The predicted molar refractivity (Wildman–Crippen MR) is 62.8 cm³/mol. The fourth-order valence-corrected chi connectivity index (χ4v) is 1.84. The van der Waals surface area contributed by atoms with Crippen molar-refractivity contribution in [1.82, 2.24) is 5.32 Å². The van der Waals surface area contributed by atoms with Gasteiger partial charge in [0, 0.05) is 0 Å². The van der Waals surface area contributed by atoms with Crippen LogP contribution in [0, 0.1) is 18.7 Å². The van der Waals surface area contributed by atoms with E-state index in [2.05, 4.69) is 5.32 Å². The zero-order chi connectivity index (χ0) is 13.3. The van der Waals surface area contributed by atoms with Gasteiger partial charge in [-0.2, -0.15) is 0 Å². The van der Waals surface area contributed by atoms with Gasteiger partial charge in [0.05, 0.1) is 5.56 Å². The lowest BCUT2D eigenvalue weighted by molar-refractivity contribution is -0.139. The molecule has 1 aliphatic rings. The third kappa shape index (κ3) is 2.67. The van der Waals surface area contributed by atoms with Gasteiger partial charge >= 0.3 is 5.97 Å². The second-order valence-corrected chi connectivity index (χ2v) is 4.61. The van der Waals surface area contributed by atoms with Gasteiger partial charge in [0.2, 0.25) is 0 Å². The molecule has 0 aliphatic heterocycles. The maximum absolute atomic E-state index is 13.5. The molecule has 0 radical (unpaired) electrons. The Morgan fingerprint density at radius 2 is 2.11 bits per heavy atom. The first-order valence-electron chi connectivity index (χ1n) is 5.79. The van der Waals surface area contributed by atoms with Crippen LogP contribution in [0.5, 0.6) is 0 Å². The minimum absolute atomic E-state index is 0.0284. The molecule has 0 heterocycles. The average molecular weight is 251 g/mol. The Bertz CT molecular complexity index is 497. The van der Waals surface area contributed by atoms with Gasteiger partial charge in [-0.3, -0.25) is 4.79 Å². The minimum atomic E-state index is -1.07. The summed E-state index contributed by atoms with van der Waals surface area (Å²) in [6, 6.07) is 3.26. The molecule has 1 unspecified atom stereocenters. The van der Waals surface area contributed by atoms with Crippen LogP contribution in [0.2, 0.25) is 0 Å². The quantitative estimate of drug-likeness (QED) is 0.856. The molecule has 1 aliphatic carbocycles. The van der Waals surface area contributed by atoms with Crippen molar-refractivity contribution < 1.29 is 19.1 Å². The second kappa shape index (κ2) is 4.76. The van der Waals surface area contributed by atoms with Gasteiger partial charge in [-0.1, -0.05) is 11.6 Å². The standard InChI is InChI=1S/C13H14FNO3/c1-7-2-5-10(14)9(6-7)12(16)15-11(13(17)18)8-3-4-8/h2,5-6,8,11H,3-4H2,1H3,(H,15,16)(H,17,18). The number of carbonyl (C=O) groups excluding carboxylic acids is 1. The van der Waals surface area contributed by atoms with Crippen molar-refractivity contribution in [3.63, 3.8) is 0 Å². The summed E-state index contributed by atoms with van der Waals surface area (Å²) in [4.78, 5) is 22.8. The van der Waals surface area contributed by atoms with Gasteiger partial charge < -0.3 is 10.4 Å². The molecular formula is C13H14FNO3. The van der Waals surface area contributed by atoms with Crippen molar-refractivity contribution in [2.75, 3.05) is 0 Å². The number of hydrogen-bond donors (Lipinski definition) is 2. The van der Waals surface area contributed by atoms with E-state index in [0.29, 0.717) is 0 Å². The molecule has 1 atom stereocenters. The van der Waals surface area contributed by atoms with E-state index in [9.17, 15) is 14.0 Å². The highest BCUT2D eigenvalue weighted by molar-refractivity contribution is 5.97. The van der Waals surface area contributed by atoms with Crippen molar-refractivity contribution in [2.45, 2.75) is 25.8 Å². The normalized spacial score (nSPS) is 16.1. The molecule has 2 N–H and O–H groups in total. The number of nitrogens with one attached hydrogen (secondary N) is 1. The smallest absolute Gasteiger partial charge is 0.326 e. The monoisotopic (exact) mass is 251 g/mol. The highest BCUT2D eigenvalue weighted by Crippen LogP contribution is 2.32. The fraction of sp³-hybridized carbons (Fsp3) is 0.385. The van der Waals surface area contributed by atoms with Crippen molar-refractivity contribution in [2.24, 2.45) is 5.92 Å². The summed E-state index contributed by atoms with van der Waals surface area (Å²) in [6.45, 7) is 1.74. The van der Waals surface area contributed by atoms with E-state index >= 15 is 0 Å².